The second kappa shape index (κ2) is 5.70. The third-order valence-electron chi connectivity index (χ3n) is 2.98. The number of fused-ring (bicyclic) bond motifs is 1. The van der Waals surface area contributed by atoms with Gasteiger partial charge in [0.05, 0.1) is 18.5 Å². The zero-order valence-corrected chi connectivity index (χ0v) is 12.3. The van der Waals surface area contributed by atoms with Gasteiger partial charge in [0, 0.05) is 6.54 Å². The fourth-order valence-corrected chi connectivity index (χ4v) is 2.93. The van der Waals surface area contributed by atoms with Gasteiger partial charge in [0.25, 0.3) is 5.91 Å². The van der Waals surface area contributed by atoms with Crippen LogP contribution in [0.25, 0.3) is 0 Å². The molecule has 1 amide bonds. The maximum atomic E-state index is 12.0. The Kier molecular flexibility index (Phi) is 4.17. The highest BCUT2D eigenvalue weighted by Gasteiger charge is 2.34. The van der Waals surface area contributed by atoms with E-state index in [0.717, 1.165) is 12.7 Å². The van der Waals surface area contributed by atoms with Crippen molar-refractivity contribution < 1.29 is 17.9 Å². The molecule has 7 heteroatoms. The van der Waals surface area contributed by atoms with Crippen molar-refractivity contribution >= 4 is 21.6 Å². The summed E-state index contributed by atoms with van der Waals surface area (Å²) < 4.78 is 30.5. The van der Waals surface area contributed by atoms with Crippen LogP contribution in [0.1, 0.15) is 13.3 Å². The first-order valence-electron chi connectivity index (χ1n) is 6.44. The van der Waals surface area contributed by atoms with Crippen LogP contribution < -0.4 is 14.4 Å². The van der Waals surface area contributed by atoms with E-state index in [2.05, 4.69) is 5.32 Å². The van der Waals surface area contributed by atoms with Crippen LogP contribution in [0.2, 0.25) is 0 Å². The van der Waals surface area contributed by atoms with Crippen molar-refractivity contribution in [1.29, 1.82) is 0 Å². The molecule has 1 aromatic rings. The third-order valence-corrected chi connectivity index (χ3v) is 4.12. The molecule has 0 aromatic heterocycles. The van der Waals surface area contributed by atoms with Crippen LogP contribution in [0.3, 0.4) is 0 Å². The summed E-state index contributed by atoms with van der Waals surface area (Å²) in [7, 11) is -3.45. The molecular weight excluding hydrogens is 280 g/mol. The maximum absolute atomic E-state index is 12.0. The predicted molar refractivity (Wildman–Crippen MR) is 76.3 cm³/mol. The van der Waals surface area contributed by atoms with Gasteiger partial charge < -0.3 is 10.1 Å². The van der Waals surface area contributed by atoms with Crippen LogP contribution in [0.4, 0.5) is 5.69 Å². The summed E-state index contributed by atoms with van der Waals surface area (Å²) in [4.78, 5) is 12.0. The second-order valence-corrected chi connectivity index (χ2v) is 6.57. The molecule has 1 heterocycles. The van der Waals surface area contributed by atoms with E-state index < -0.39 is 16.1 Å². The van der Waals surface area contributed by atoms with Gasteiger partial charge in [-0.2, -0.15) is 0 Å². The Balaban J connectivity index is 2.29. The lowest BCUT2D eigenvalue weighted by molar-refractivity contribution is -0.127. The van der Waals surface area contributed by atoms with Crippen molar-refractivity contribution in [3.63, 3.8) is 0 Å². The van der Waals surface area contributed by atoms with Gasteiger partial charge >= 0.3 is 0 Å². The highest BCUT2D eigenvalue weighted by atomic mass is 32.2. The van der Waals surface area contributed by atoms with Crippen LogP contribution >= 0.6 is 0 Å². The van der Waals surface area contributed by atoms with Gasteiger partial charge in [0.1, 0.15) is 5.75 Å². The van der Waals surface area contributed by atoms with Crippen molar-refractivity contribution in [2.75, 3.05) is 23.7 Å². The maximum Gasteiger partial charge on any atom is 0.263 e. The van der Waals surface area contributed by atoms with Crippen LogP contribution in [0, 0.1) is 0 Å². The van der Waals surface area contributed by atoms with Crippen molar-refractivity contribution in [2.24, 2.45) is 0 Å². The summed E-state index contributed by atoms with van der Waals surface area (Å²) in [5.74, 6) is 0.107. The molecule has 1 N–H and O–H groups in total. The number of hydrogen-bond acceptors (Lipinski definition) is 4. The van der Waals surface area contributed by atoms with E-state index >= 15 is 0 Å². The topological polar surface area (TPSA) is 75.7 Å². The van der Waals surface area contributed by atoms with E-state index in [-0.39, 0.29) is 12.5 Å². The number of sulfonamides is 1. The molecule has 1 aromatic carbocycles. The number of anilines is 1. The molecule has 110 valence electrons. The molecule has 0 unspecified atom stereocenters. The van der Waals surface area contributed by atoms with E-state index in [1.165, 1.54) is 4.31 Å². The molecule has 0 bridgehead atoms. The van der Waals surface area contributed by atoms with Crippen LogP contribution in [-0.4, -0.2) is 39.8 Å². The summed E-state index contributed by atoms with van der Waals surface area (Å²) >= 11 is 0. The van der Waals surface area contributed by atoms with Crippen molar-refractivity contribution in [2.45, 2.75) is 19.4 Å². The third kappa shape index (κ3) is 3.04. The number of nitrogens with zero attached hydrogens (tertiary/aromatic N) is 1. The first-order valence-corrected chi connectivity index (χ1v) is 8.29. The minimum Gasteiger partial charge on any atom is -0.476 e. The number of ether oxygens (including phenoxy) is 1. The molecule has 0 saturated carbocycles. The smallest absolute Gasteiger partial charge is 0.263 e. The second-order valence-electron chi connectivity index (χ2n) is 4.66. The van der Waals surface area contributed by atoms with Crippen molar-refractivity contribution in [1.82, 2.24) is 5.32 Å². The van der Waals surface area contributed by atoms with Gasteiger partial charge in [-0.05, 0) is 18.6 Å². The van der Waals surface area contributed by atoms with Crippen molar-refractivity contribution in [3.05, 3.63) is 24.3 Å². The minimum atomic E-state index is -3.45. The number of benzene rings is 1. The zero-order valence-electron chi connectivity index (χ0n) is 11.5. The predicted octanol–water partition coefficient (Wildman–Crippen LogP) is 0.740. The Morgan fingerprint density at radius 3 is 2.80 bits per heavy atom. The Bertz CT molecular complexity index is 600. The number of carbonyl (C=O) groups excluding carboxylic acids is 1. The van der Waals surface area contributed by atoms with Gasteiger partial charge in [-0.15, -0.1) is 0 Å². The summed E-state index contributed by atoms with van der Waals surface area (Å²) in [6, 6.07) is 6.80. The molecule has 0 spiro atoms. The fraction of sp³-hybridized carbons (Fsp3) is 0.462. The largest absolute Gasteiger partial charge is 0.476 e. The lowest BCUT2D eigenvalue weighted by atomic mass is 10.2. The highest BCUT2D eigenvalue weighted by Crippen LogP contribution is 2.34. The van der Waals surface area contributed by atoms with Crippen LogP contribution in [-0.2, 0) is 14.8 Å². The summed E-state index contributed by atoms with van der Waals surface area (Å²) in [5.41, 5.74) is 0.467. The van der Waals surface area contributed by atoms with Crippen molar-refractivity contribution in [3.8, 4) is 5.75 Å². The summed E-state index contributed by atoms with van der Waals surface area (Å²) in [6.07, 6.45) is 1.10. The molecule has 1 atom stereocenters. The molecule has 1 aliphatic rings. The molecule has 0 saturated heterocycles. The van der Waals surface area contributed by atoms with Gasteiger partial charge in [0.15, 0.2) is 6.10 Å². The number of nitrogens with one attached hydrogen (secondary N) is 1. The number of hydrogen-bond donors (Lipinski definition) is 1. The van der Waals surface area contributed by atoms with Gasteiger partial charge in [0.2, 0.25) is 10.0 Å². The lowest BCUT2D eigenvalue weighted by Crippen LogP contribution is -2.50. The molecule has 20 heavy (non-hydrogen) atoms. The Morgan fingerprint density at radius 1 is 1.45 bits per heavy atom. The average molecular weight is 298 g/mol. The van der Waals surface area contributed by atoms with E-state index in [4.69, 9.17) is 4.74 Å². The lowest BCUT2D eigenvalue weighted by Gasteiger charge is -2.33. The molecule has 1 aliphatic heterocycles. The van der Waals surface area contributed by atoms with Crippen LogP contribution in [0.15, 0.2) is 24.3 Å². The highest BCUT2D eigenvalue weighted by molar-refractivity contribution is 7.92. The Morgan fingerprint density at radius 2 is 2.15 bits per heavy atom. The number of amides is 1. The van der Waals surface area contributed by atoms with Gasteiger partial charge in [-0.1, -0.05) is 19.1 Å². The molecule has 2 rings (SSSR count). The first kappa shape index (κ1) is 14.6. The fourth-order valence-electron chi connectivity index (χ4n) is 2.01. The van der Waals surface area contributed by atoms with E-state index in [1.54, 1.807) is 24.3 Å². The minimum absolute atomic E-state index is 0.00854. The molecule has 0 radical (unpaired) electrons. The SMILES string of the molecule is CCCNC(=O)[C@H]1CN(S(C)(=O)=O)c2ccccc2O1. The van der Waals surface area contributed by atoms with Gasteiger partial charge in [-0.3, -0.25) is 9.10 Å². The standard InChI is InChI=1S/C13H18N2O4S/c1-3-8-14-13(16)12-9-15(20(2,17)18)10-6-4-5-7-11(10)19-12/h4-7,12H,3,8-9H2,1-2H3,(H,14,16)/t12-/m1/s1. The van der Waals surface area contributed by atoms with Gasteiger partial charge in [-0.25, -0.2) is 8.42 Å². The quantitative estimate of drug-likeness (QED) is 0.889. The monoisotopic (exact) mass is 298 g/mol. The Hall–Kier alpha value is -1.76. The first-order chi connectivity index (χ1) is 9.43. The average Bonchev–Trinajstić information content (AvgIpc) is 2.42. The Labute approximate surface area is 118 Å². The normalized spacial score (nSPS) is 18.1. The van der Waals surface area contributed by atoms with E-state index in [0.29, 0.717) is 18.0 Å². The zero-order chi connectivity index (χ0) is 14.8. The number of rotatable bonds is 4. The van der Waals surface area contributed by atoms with E-state index in [1.807, 2.05) is 6.92 Å². The molecular formula is C13H18N2O4S. The molecule has 0 fully saturated rings. The van der Waals surface area contributed by atoms with Crippen LogP contribution in [0.5, 0.6) is 5.75 Å². The number of para-hydroxylation sites is 2. The number of carbonyl (C=O) groups is 1. The molecule has 0 aliphatic carbocycles. The summed E-state index contributed by atoms with van der Waals surface area (Å²) in [5, 5.41) is 2.72. The summed E-state index contributed by atoms with van der Waals surface area (Å²) in [6.45, 7) is 2.48. The molecule has 6 nitrogen and oxygen atoms in total. The van der Waals surface area contributed by atoms with E-state index in [9.17, 15) is 13.2 Å².